The number of imide groups is 1. The smallest absolute Gasteiger partial charge is 0.345 e. The lowest BCUT2D eigenvalue weighted by Gasteiger charge is -2.42. The molecule has 0 aliphatic carbocycles. The first kappa shape index (κ1) is 16.3. The Kier molecular flexibility index (Phi) is 3.92. The fourth-order valence-corrected chi connectivity index (χ4v) is 3.18. The molecule has 8 nitrogen and oxygen atoms in total. The van der Waals surface area contributed by atoms with Crippen LogP contribution in [0, 0.1) is 0 Å². The molecule has 1 N–H and O–H groups in total. The summed E-state index contributed by atoms with van der Waals surface area (Å²) in [6.07, 6.45) is 0.439. The van der Waals surface area contributed by atoms with Crippen molar-refractivity contribution in [2.45, 2.75) is 12.0 Å². The van der Waals surface area contributed by atoms with Crippen molar-refractivity contribution in [1.82, 2.24) is 20.2 Å². The number of hydrazine groups is 1. The zero-order valence-electron chi connectivity index (χ0n) is 13.9. The van der Waals surface area contributed by atoms with Crippen LogP contribution in [-0.4, -0.2) is 66.9 Å². The molecule has 1 atom stereocenters. The summed E-state index contributed by atoms with van der Waals surface area (Å²) in [7, 11) is 5.01. The Morgan fingerprint density at radius 1 is 1.29 bits per heavy atom. The predicted molar refractivity (Wildman–Crippen MR) is 84.9 cm³/mol. The molecule has 128 valence electrons. The van der Waals surface area contributed by atoms with E-state index in [0.717, 1.165) is 15.5 Å². The highest BCUT2D eigenvalue weighted by atomic mass is 16.5. The number of nitrogens with one attached hydrogen (secondary N) is 1. The summed E-state index contributed by atoms with van der Waals surface area (Å²) in [5.74, 6) is -0.0696. The number of fused-ring (bicyclic) bond motifs is 1. The summed E-state index contributed by atoms with van der Waals surface area (Å²) in [6.45, 7) is 0.220. The van der Waals surface area contributed by atoms with E-state index in [1.807, 2.05) is 43.3 Å². The number of amides is 4. The van der Waals surface area contributed by atoms with Gasteiger partial charge < -0.3 is 4.74 Å². The number of urea groups is 1. The number of nitrogens with zero attached hydrogens (tertiary/aromatic N) is 3. The van der Waals surface area contributed by atoms with Crippen molar-refractivity contribution < 1.29 is 19.1 Å². The molecule has 0 aromatic heterocycles. The van der Waals surface area contributed by atoms with Gasteiger partial charge in [-0.25, -0.2) is 9.80 Å². The molecule has 2 aliphatic rings. The van der Waals surface area contributed by atoms with Crippen molar-refractivity contribution in [3.05, 3.63) is 29.8 Å². The number of benzene rings is 1. The summed E-state index contributed by atoms with van der Waals surface area (Å²) in [5, 5.41) is 1.05. The second-order valence-electron chi connectivity index (χ2n) is 6.11. The quantitative estimate of drug-likeness (QED) is 0.797. The van der Waals surface area contributed by atoms with Crippen LogP contribution in [0.15, 0.2) is 24.3 Å². The number of ether oxygens (including phenoxy) is 1. The highest BCUT2D eigenvalue weighted by molar-refractivity contribution is 6.03. The van der Waals surface area contributed by atoms with E-state index in [0.29, 0.717) is 18.8 Å². The molecular formula is C16H20N4O4. The van der Waals surface area contributed by atoms with Gasteiger partial charge in [-0.05, 0) is 20.2 Å². The number of carbonyl (C=O) groups is 3. The summed E-state index contributed by atoms with van der Waals surface area (Å²) < 4.78 is 5.65. The van der Waals surface area contributed by atoms with Gasteiger partial charge in [0, 0.05) is 19.0 Å². The SMILES string of the molecule is CN1C(=O)CN(NC(=O)C2(N(C)C)CCOc3ccccc32)C1=O. The molecule has 8 heteroatoms. The third kappa shape index (κ3) is 2.30. The summed E-state index contributed by atoms with van der Waals surface area (Å²) in [4.78, 5) is 39.6. The zero-order valence-corrected chi connectivity index (χ0v) is 13.9. The van der Waals surface area contributed by atoms with E-state index < -0.39 is 11.6 Å². The number of likely N-dealkylation sites (N-methyl/N-ethyl adjacent to an activating group) is 2. The maximum absolute atomic E-state index is 13.1. The van der Waals surface area contributed by atoms with Gasteiger partial charge in [0.1, 0.15) is 17.8 Å². The lowest BCUT2D eigenvalue weighted by molar-refractivity contribution is -0.138. The lowest BCUT2D eigenvalue weighted by Crippen LogP contribution is -2.59. The first-order valence-corrected chi connectivity index (χ1v) is 7.67. The van der Waals surface area contributed by atoms with Gasteiger partial charge in [-0.1, -0.05) is 18.2 Å². The fourth-order valence-electron chi connectivity index (χ4n) is 3.18. The molecule has 2 aliphatic heterocycles. The standard InChI is InChI=1S/C16H20N4O4/c1-18(2)16(8-9-24-12-7-5-4-6-11(12)16)14(22)17-20-10-13(21)19(3)15(20)23/h4-7H,8-10H2,1-3H3,(H,17,22). The van der Waals surface area contributed by atoms with Crippen LogP contribution >= 0.6 is 0 Å². The van der Waals surface area contributed by atoms with Gasteiger partial charge in [-0.3, -0.25) is 24.8 Å². The van der Waals surface area contributed by atoms with E-state index in [1.54, 1.807) is 0 Å². The van der Waals surface area contributed by atoms with Crippen LogP contribution in [0.1, 0.15) is 12.0 Å². The molecule has 0 bridgehead atoms. The van der Waals surface area contributed by atoms with Crippen molar-refractivity contribution in [3.63, 3.8) is 0 Å². The number of para-hydroxylation sites is 1. The Hall–Kier alpha value is -2.61. The van der Waals surface area contributed by atoms with E-state index in [9.17, 15) is 14.4 Å². The largest absolute Gasteiger partial charge is 0.493 e. The number of hydrogen-bond acceptors (Lipinski definition) is 5. The molecule has 1 fully saturated rings. The minimum Gasteiger partial charge on any atom is -0.493 e. The molecule has 1 saturated heterocycles. The highest BCUT2D eigenvalue weighted by Gasteiger charge is 2.48. The van der Waals surface area contributed by atoms with Crippen molar-refractivity contribution in [2.75, 3.05) is 34.3 Å². The number of rotatable bonds is 3. The fraction of sp³-hybridized carbons (Fsp3) is 0.438. The average molecular weight is 332 g/mol. The molecule has 0 radical (unpaired) electrons. The van der Waals surface area contributed by atoms with E-state index in [-0.39, 0.29) is 18.4 Å². The van der Waals surface area contributed by atoms with Gasteiger partial charge in [0.2, 0.25) is 0 Å². The maximum atomic E-state index is 13.1. The molecule has 4 amide bonds. The molecule has 1 unspecified atom stereocenters. The lowest BCUT2D eigenvalue weighted by atomic mass is 9.82. The van der Waals surface area contributed by atoms with E-state index in [1.165, 1.54) is 7.05 Å². The monoisotopic (exact) mass is 332 g/mol. The summed E-state index contributed by atoms with van der Waals surface area (Å²) in [5.41, 5.74) is 2.38. The molecule has 1 aromatic carbocycles. The molecule has 24 heavy (non-hydrogen) atoms. The number of carbonyl (C=O) groups excluding carboxylic acids is 3. The van der Waals surface area contributed by atoms with Crippen LogP contribution in [0.4, 0.5) is 4.79 Å². The van der Waals surface area contributed by atoms with Crippen molar-refractivity contribution in [3.8, 4) is 5.75 Å². The van der Waals surface area contributed by atoms with Crippen LogP contribution < -0.4 is 10.2 Å². The second-order valence-corrected chi connectivity index (χ2v) is 6.11. The average Bonchev–Trinajstić information content (AvgIpc) is 2.81. The topological polar surface area (TPSA) is 82.2 Å². The van der Waals surface area contributed by atoms with Crippen molar-refractivity contribution in [1.29, 1.82) is 0 Å². The Balaban J connectivity index is 1.94. The third-order valence-electron chi connectivity index (χ3n) is 4.61. The van der Waals surface area contributed by atoms with Crippen LogP contribution in [0.2, 0.25) is 0 Å². The molecule has 2 heterocycles. The van der Waals surface area contributed by atoms with Gasteiger partial charge >= 0.3 is 6.03 Å². The minimum atomic E-state index is -0.973. The Morgan fingerprint density at radius 2 is 2.00 bits per heavy atom. The molecule has 0 spiro atoms. The summed E-state index contributed by atoms with van der Waals surface area (Å²) >= 11 is 0. The zero-order chi connectivity index (χ0) is 17.5. The van der Waals surface area contributed by atoms with Gasteiger partial charge in [0.15, 0.2) is 0 Å². The van der Waals surface area contributed by atoms with Gasteiger partial charge in [-0.2, -0.15) is 0 Å². The first-order chi connectivity index (χ1) is 11.4. The Labute approximate surface area is 139 Å². The Morgan fingerprint density at radius 3 is 2.62 bits per heavy atom. The van der Waals surface area contributed by atoms with Gasteiger partial charge in [0.05, 0.1) is 6.61 Å². The third-order valence-corrected chi connectivity index (χ3v) is 4.61. The second kappa shape index (κ2) is 5.79. The van der Waals surface area contributed by atoms with Crippen molar-refractivity contribution >= 4 is 17.8 Å². The van der Waals surface area contributed by atoms with Crippen molar-refractivity contribution in [2.24, 2.45) is 0 Å². The maximum Gasteiger partial charge on any atom is 0.345 e. The van der Waals surface area contributed by atoms with Gasteiger partial charge in [-0.15, -0.1) is 0 Å². The molecular weight excluding hydrogens is 312 g/mol. The van der Waals surface area contributed by atoms with E-state index >= 15 is 0 Å². The Bertz CT molecular complexity index is 705. The van der Waals surface area contributed by atoms with Crippen LogP contribution in [0.25, 0.3) is 0 Å². The van der Waals surface area contributed by atoms with E-state index in [4.69, 9.17) is 4.74 Å². The predicted octanol–water partition coefficient (Wildman–Crippen LogP) is 0.151. The van der Waals surface area contributed by atoms with E-state index in [2.05, 4.69) is 5.43 Å². The normalized spacial score (nSPS) is 23.3. The van der Waals surface area contributed by atoms with Gasteiger partial charge in [0.25, 0.3) is 11.8 Å². The molecule has 1 aromatic rings. The highest BCUT2D eigenvalue weighted by Crippen LogP contribution is 2.40. The van der Waals surface area contributed by atoms with Crippen LogP contribution in [0.3, 0.4) is 0 Å². The minimum absolute atomic E-state index is 0.164. The summed E-state index contributed by atoms with van der Waals surface area (Å²) in [6, 6.07) is 6.81. The van der Waals surface area contributed by atoms with Crippen LogP contribution in [0.5, 0.6) is 5.75 Å². The first-order valence-electron chi connectivity index (χ1n) is 7.67. The molecule has 3 rings (SSSR count). The van der Waals surface area contributed by atoms with Crippen LogP contribution in [-0.2, 0) is 15.1 Å². The molecule has 0 saturated carbocycles. The number of hydrogen-bond donors (Lipinski definition) is 1.